The van der Waals surface area contributed by atoms with Crippen LogP contribution < -0.4 is 19.9 Å². The van der Waals surface area contributed by atoms with Gasteiger partial charge in [-0.15, -0.1) is 0 Å². The third-order valence-electron chi connectivity index (χ3n) is 4.41. The van der Waals surface area contributed by atoms with Crippen molar-refractivity contribution < 1.29 is 23.2 Å². The van der Waals surface area contributed by atoms with Crippen LogP contribution in [-0.4, -0.2) is 56.7 Å². The van der Waals surface area contributed by atoms with Crippen LogP contribution in [0.2, 0.25) is 0 Å². The second kappa shape index (κ2) is 7.20. The topological polar surface area (TPSA) is 80.1 Å². The van der Waals surface area contributed by atoms with Crippen LogP contribution in [0.15, 0.2) is 35.1 Å². The Morgan fingerprint density at radius 3 is 2.88 bits per heavy atom. The largest absolute Gasteiger partial charge is 0.471 e. The molecule has 1 atom stereocenters. The van der Waals surface area contributed by atoms with Gasteiger partial charge in [-0.1, -0.05) is 0 Å². The molecule has 0 bridgehead atoms. The second-order valence-corrected chi connectivity index (χ2v) is 6.14. The minimum absolute atomic E-state index is 0.149. The number of cyclic esters (lactones) is 1. The predicted molar refractivity (Wildman–Crippen MR) is 91.1 cm³/mol. The fourth-order valence-electron chi connectivity index (χ4n) is 3.10. The summed E-state index contributed by atoms with van der Waals surface area (Å²) in [6.07, 6.45) is 0.411. The lowest BCUT2D eigenvalue weighted by Crippen LogP contribution is -2.43. The molecule has 8 nitrogen and oxygen atoms in total. The highest BCUT2D eigenvalue weighted by atomic mass is 19.1. The van der Waals surface area contributed by atoms with E-state index in [1.165, 1.54) is 17.2 Å². The van der Waals surface area contributed by atoms with Gasteiger partial charge in [0.25, 0.3) is 5.88 Å². The third kappa shape index (κ3) is 3.43. The van der Waals surface area contributed by atoms with E-state index in [-0.39, 0.29) is 19.0 Å². The van der Waals surface area contributed by atoms with Gasteiger partial charge in [0.1, 0.15) is 18.7 Å². The fourth-order valence-corrected chi connectivity index (χ4v) is 3.10. The highest BCUT2D eigenvalue weighted by Crippen LogP contribution is 2.28. The summed E-state index contributed by atoms with van der Waals surface area (Å²) >= 11 is 0. The Balaban J connectivity index is 1.41. The number of halogens is 1. The van der Waals surface area contributed by atoms with Crippen molar-refractivity contribution in [3.05, 3.63) is 36.3 Å². The number of hydrogen-bond acceptors (Lipinski definition) is 7. The van der Waals surface area contributed by atoms with E-state index in [4.69, 9.17) is 9.47 Å². The SMILES string of the molecule is O=C1O[C@H](COc2ccon2)CN1c1ccc(N2CCNCC2)c(F)c1. The zero-order chi connectivity index (χ0) is 17.9. The first-order chi connectivity index (χ1) is 12.7. The van der Waals surface area contributed by atoms with Crippen molar-refractivity contribution in [3.63, 3.8) is 0 Å². The molecule has 2 saturated heterocycles. The number of rotatable bonds is 5. The van der Waals surface area contributed by atoms with E-state index in [0.29, 0.717) is 17.3 Å². The van der Waals surface area contributed by atoms with Crippen molar-refractivity contribution in [2.24, 2.45) is 0 Å². The number of benzene rings is 1. The lowest BCUT2D eigenvalue weighted by molar-refractivity contribution is 0.102. The number of amides is 1. The molecule has 0 spiro atoms. The van der Waals surface area contributed by atoms with Gasteiger partial charge in [-0.2, -0.15) is 0 Å². The molecule has 0 unspecified atom stereocenters. The number of aromatic nitrogens is 1. The molecule has 9 heteroatoms. The first kappa shape index (κ1) is 16.6. The Hall–Kier alpha value is -2.81. The summed E-state index contributed by atoms with van der Waals surface area (Å²) in [5, 5.41) is 6.87. The highest BCUT2D eigenvalue weighted by molar-refractivity contribution is 5.90. The van der Waals surface area contributed by atoms with Crippen LogP contribution in [0, 0.1) is 5.82 Å². The minimum Gasteiger partial charge on any atom is -0.471 e. The van der Waals surface area contributed by atoms with Crippen LogP contribution in [0.3, 0.4) is 0 Å². The Bertz CT molecular complexity index is 764. The Kier molecular flexibility index (Phi) is 4.61. The van der Waals surface area contributed by atoms with Gasteiger partial charge in [0.15, 0.2) is 6.10 Å². The molecule has 1 aromatic carbocycles. The molecule has 0 saturated carbocycles. The molecule has 2 aromatic rings. The van der Waals surface area contributed by atoms with Gasteiger partial charge >= 0.3 is 6.09 Å². The van der Waals surface area contributed by atoms with E-state index in [2.05, 4.69) is 15.0 Å². The van der Waals surface area contributed by atoms with Crippen LogP contribution in [0.5, 0.6) is 5.88 Å². The number of carbonyl (C=O) groups is 1. The Morgan fingerprint density at radius 2 is 2.15 bits per heavy atom. The van der Waals surface area contributed by atoms with Crippen LogP contribution in [-0.2, 0) is 4.74 Å². The molecule has 138 valence electrons. The minimum atomic E-state index is -0.520. The second-order valence-electron chi connectivity index (χ2n) is 6.14. The number of ether oxygens (including phenoxy) is 2. The van der Waals surface area contributed by atoms with Gasteiger partial charge in [-0.05, 0) is 23.4 Å². The van der Waals surface area contributed by atoms with E-state index in [9.17, 15) is 9.18 Å². The number of carbonyl (C=O) groups excluding carboxylic acids is 1. The van der Waals surface area contributed by atoms with Gasteiger partial charge in [-0.3, -0.25) is 4.90 Å². The van der Waals surface area contributed by atoms with E-state index < -0.39 is 12.2 Å². The highest BCUT2D eigenvalue weighted by Gasteiger charge is 2.33. The van der Waals surface area contributed by atoms with Crippen molar-refractivity contribution in [2.45, 2.75) is 6.10 Å². The number of piperazine rings is 1. The molecule has 1 aromatic heterocycles. The molecule has 3 heterocycles. The maximum atomic E-state index is 14.6. The summed E-state index contributed by atoms with van der Waals surface area (Å²) in [4.78, 5) is 15.5. The molecule has 2 aliphatic rings. The van der Waals surface area contributed by atoms with E-state index >= 15 is 0 Å². The quantitative estimate of drug-likeness (QED) is 0.866. The number of nitrogens with one attached hydrogen (secondary N) is 1. The molecular weight excluding hydrogens is 343 g/mol. The summed E-state index contributed by atoms with van der Waals surface area (Å²) in [5.41, 5.74) is 1.02. The maximum Gasteiger partial charge on any atom is 0.414 e. The van der Waals surface area contributed by atoms with Crippen LogP contribution >= 0.6 is 0 Å². The molecule has 26 heavy (non-hydrogen) atoms. The average Bonchev–Trinajstić information content (AvgIpc) is 3.30. The third-order valence-corrected chi connectivity index (χ3v) is 4.41. The lowest BCUT2D eigenvalue weighted by atomic mass is 10.2. The Labute approximate surface area is 149 Å². The van der Waals surface area contributed by atoms with Crippen molar-refractivity contribution in [1.82, 2.24) is 10.5 Å². The lowest BCUT2D eigenvalue weighted by Gasteiger charge is -2.30. The van der Waals surface area contributed by atoms with Crippen LogP contribution in [0.1, 0.15) is 0 Å². The van der Waals surface area contributed by atoms with Crippen LogP contribution in [0.25, 0.3) is 0 Å². The molecule has 2 fully saturated rings. The number of nitrogens with zero attached hydrogens (tertiary/aromatic N) is 3. The summed E-state index contributed by atoms with van der Waals surface area (Å²) in [5.74, 6) is -0.0228. The van der Waals surface area contributed by atoms with Crippen molar-refractivity contribution in [1.29, 1.82) is 0 Å². The molecule has 1 N–H and O–H groups in total. The zero-order valence-corrected chi connectivity index (χ0v) is 14.1. The first-order valence-electron chi connectivity index (χ1n) is 8.47. The van der Waals surface area contributed by atoms with Gasteiger partial charge in [0, 0.05) is 32.2 Å². The first-order valence-corrected chi connectivity index (χ1v) is 8.47. The van der Waals surface area contributed by atoms with E-state index in [1.807, 2.05) is 4.90 Å². The molecule has 2 aliphatic heterocycles. The van der Waals surface area contributed by atoms with Crippen molar-refractivity contribution in [3.8, 4) is 5.88 Å². The fraction of sp³-hybridized carbons (Fsp3) is 0.412. The summed E-state index contributed by atoms with van der Waals surface area (Å²) < 4.78 is 29.9. The number of anilines is 2. The summed E-state index contributed by atoms with van der Waals surface area (Å²) in [7, 11) is 0. The summed E-state index contributed by atoms with van der Waals surface area (Å²) in [6.45, 7) is 3.59. The maximum absolute atomic E-state index is 14.6. The molecule has 0 radical (unpaired) electrons. The van der Waals surface area contributed by atoms with Crippen molar-refractivity contribution >= 4 is 17.5 Å². The van der Waals surface area contributed by atoms with E-state index in [1.54, 1.807) is 18.2 Å². The molecule has 4 rings (SSSR count). The standard InChI is InChI=1S/C17H19FN4O4/c18-14-9-12(1-2-15(14)21-6-4-19-5-7-21)22-10-13(26-17(22)23)11-24-16-3-8-25-20-16/h1-3,8-9,13,19H,4-7,10-11H2/t13-/m0/s1. The number of hydrogen-bond donors (Lipinski definition) is 1. The predicted octanol–water partition coefficient (Wildman–Crippen LogP) is 1.63. The summed E-state index contributed by atoms with van der Waals surface area (Å²) in [6, 6.07) is 6.39. The van der Waals surface area contributed by atoms with Gasteiger partial charge in [0.2, 0.25) is 0 Å². The van der Waals surface area contributed by atoms with Gasteiger partial charge in [-0.25, -0.2) is 9.18 Å². The van der Waals surface area contributed by atoms with E-state index in [0.717, 1.165) is 26.2 Å². The average molecular weight is 362 g/mol. The monoisotopic (exact) mass is 362 g/mol. The zero-order valence-electron chi connectivity index (χ0n) is 14.1. The van der Waals surface area contributed by atoms with Crippen LogP contribution in [0.4, 0.5) is 20.6 Å². The van der Waals surface area contributed by atoms with Gasteiger partial charge in [0.05, 0.1) is 17.9 Å². The molecular formula is C17H19FN4O4. The normalized spacial score (nSPS) is 20.3. The van der Waals surface area contributed by atoms with Crippen molar-refractivity contribution in [2.75, 3.05) is 49.1 Å². The smallest absolute Gasteiger partial charge is 0.414 e. The Morgan fingerprint density at radius 1 is 1.31 bits per heavy atom. The van der Waals surface area contributed by atoms with Gasteiger partial charge < -0.3 is 24.2 Å². The molecule has 1 amide bonds. The molecule has 0 aliphatic carbocycles.